The first-order valence-corrected chi connectivity index (χ1v) is 6.38. The van der Waals surface area contributed by atoms with E-state index in [-0.39, 0.29) is 11.9 Å². The quantitative estimate of drug-likeness (QED) is 0.826. The summed E-state index contributed by atoms with van der Waals surface area (Å²) in [5.74, 6) is 0.159. The summed E-state index contributed by atoms with van der Waals surface area (Å²) in [6.45, 7) is 5.92. The molecule has 1 heterocycles. The highest BCUT2D eigenvalue weighted by atomic mass is 16.1. The van der Waals surface area contributed by atoms with Crippen molar-refractivity contribution in [1.29, 1.82) is 0 Å². The molecule has 1 aliphatic heterocycles. The molecule has 98 valence electrons. The number of benzene rings is 1. The lowest BCUT2D eigenvalue weighted by Crippen LogP contribution is -2.47. The van der Waals surface area contributed by atoms with Crippen molar-refractivity contribution in [2.75, 3.05) is 18.0 Å². The van der Waals surface area contributed by atoms with Gasteiger partial charge in [-0.2, -0.15) is 0 Å². The highest BCUT2D eigenvalue weighted by Gasteiger charge is 2.24. The van der Waals surface area contributed by atoms with Gasteiger partial charge < -0.3 is 16.4 Å². The molecule has 4 heteroatoms. The van der Waals surface area contributed by atoms with E-state index in [1.807, 2.05) is 19.1 Å². The third-order valence-electron chi connectivity index (χ3n) is 3.45. The molecule has 2 rings (SSSR count). The molecule has 1 aromatic carbocycles. The second-order valence-corrected chi connectivity index (χ2v) is 5.39. The number of amides is 1. The van der Waals surface area contributed by atoms with E-state index in [1.54, 1.807) is 6.07 Å². The molecule has 0 aliphatic carbocycles. The monoisotopic (exact) mass is 247 g/mol. The van der Waals surface area contributed by atoms with Crippen LogP contribution in [-0.4, -0.2) is 25.0 Å². The average molecular weight is 247 g/mol. The summed E-state index contributed by atoms with van der Waals surface area (Å²) in [6, 6.07) is 5.90. The third-order valence-corrected chi connectivity index (χ3v) is 3.45. The zero-order valence-electron chi connectivity index (χ0n) is 11.0. The minimum Gasteiger partial charge on any atom is -0.369 e. The SMILES string of the molecule is Cc1ccc(C(N)=O)c(N2CC(C)CC(N)C2)c1. The molecule has 1 fully saturated rings. The Bertz CT molecular complexity index is 448. The molecule has 1 amide bonds. The summed E-state index contributed by atoms with van der Waals surface area (Å²) in [4.78, 5) is 13.7. The van der Waals surface area contributed by atoms with E-state index < -0.39 is 0 Å². The predicted octanol–water partition coefficient (Wildman–Crippen LogP) is 1.27. The lowest BCUT2D eigenvalue weighted by molar-refractivity contribution is 0.100. The largest absolute Gasteiger partial charge is 0.369 e. The van der Waals surface area contributed by atoms with Crippen LogP contribution in [0, 0.1) is 12.8 Å². The molecule has 1 saturated heterocycles. The topological polar surface area (TPSA) is 72.4 Å². The number of carbonyl (C=O) groups excluding carboxylic acids is 1. The predicted molar refractivity (Wildman–Crippen MR) is 73.7 cm³/mol. The first kappa shape index (κ1) is 12.9. The maximum Gasteiger partial charge on any atom is 0.250 e. The van der Waals surface area contributed by atoms with Crippen LogP contribution >= 0.6 is 0 Å². The van der Waals surface area contributed by atoms with E-state index in [0.717, 1.165) is 30.8 Å². The van der Waals surface area contributed by atoms with Crippen molar-refractivity contribution in [3.05, 3.63) is 29.3 Å². The molecule has 1 aromatic rings. The second kappa shape index (κ2) is 4.98. The molecular weight excluding hydrogens is 226 g/mol. The smallest absolute Gasteiger partial charge is 0.250 e. The van der Waals surface area contributed by atoms with Crippen LogP contribution in [0.2, 0.25) is 0 Å². The van der Waals surface area contributed by atoms with Gasteiger partial charge in [0, 0.05) is 24.8 Å². The van der Waals surface area contributed by atoms with Crippen LogP contribution < -0.4 is 16.4 Å². The Morgan fingerprint density at radius 1 is 1.39 bits per heavy atom. The van der Waals surface area contributed by atoms with E-state index in [0.29, 0.717) is 11.5 Å². The van der Waals surface area contributed by atoms with Gasteiger partial charge in [-0.15, -0.1) is 0 Å². The molecule has 0 radical (unpaired) electrons. The first-order valence-electron chi connectivity index (χ1n) is 6.38. The average Bonchev–Trinajstić information content (AvgIpc) is 2.27. The van der Waals surface area contributed by atoms with Gasteiger partial charge >= 0.3 is 0 Å². The van der Waals surface area contributed by atoms with Crippen LogP contribution in [0.15, 0.2) is 18.2 Å². The lowest BCUT2D eigenvalue weighted by atomic mass is 9.95. The highest BCUT2D eigenvalue weighted by Crippen LogP contribution is 2.26. The van der Waals surface area contributed by atoms with Crippen molar-refractivity contribution in [1.82, 2.24) is 0 Å². The Hall–Kier alpha value is -1.55. The number of hydrogen-bond acceptors (Lipinski definition) is 3. The van der Waals surface area contributed by atoms with Crippen LogP contribution in [0.25, 0.3) is 0 Å². The Labute approximate surface area is 108 Å². The van der Waals surface area contributed by atoms with Gasteiger partial charge in [-0.25, -0.2) is 0 Å². The van der Waals surface area contributed by atoms with Gasteiger partial charge in [0.05, 0.1) is 5.56 Å². The van der Waals surface area contributed by atoms with Gasteiger partial charge in [-0.05, 0) is 37.0 Å². The first-order chi connectivity index (χ1) is 8.47. The van der Waals surface area contributed by atoms with E-state index in [1.165, 1.54) is 0 Å². The molecule has 2 unspecified atom stereocenters. The fraction of sp³-hybridized carbons (Fsp3) is 0.500. The number of aryl methyl sites for hydroxylation is 1. The summed E-state index contributed by atoms with van der Waals surface area (Å²) >= 11 is 0. The fourth-order valence-corrected chi connectivity index (χ4v) is 2.71. The second-order valence-electron chi connectivity index (χ2n) is 5.39. The normalized spacial score (nSPS) is 24.1. The van der Waals surface area contributed by atoms with Crippen LogP contribution in [0.5, 0.6) is 0 Å². The summed E-state index contributed by atoms with van der Waals surface area (Å²) in [5, 5.41) is 0. The standard InChI is InChI=1S/C14H21N3O/c1-9-3-4-12(14(16)18)13(6-9)17-7-10(2)5-11(15)8-17/h3-4,6,10-11H,5,7-8,15H2,1-2H3,(H2,16,18). The molecule has 0 saturated carbocycles. The van der Waals surface area contributed by atoms with Gasteiger partial charge in [0.1, 0.15) is 0 Å². The molecular formula is C14H21N3O. The van der Waals surface area contributed by atoms with Gasteiger partial charge in [-0.3, -0.25) is 4.79 Å². The van der Waals surface area contributed by atoms with Crippen LogP contribution in [-0.2, 0) is 0 Å². The van der Waals surface area contributed by atoms with Crippen molar-refractivity contribution in [3.63, 3.8) is 0 Å². The molecule has 1 aliphatic rings. The summed E-state index contributed by atoms with van der Waals surface area (Å²) in [7, 11) is 0. The zero-order chi connectivity index (χ0) is 13.3. The van der Waals surface area contributed by atoms with E-state index in [9.17, 15) is 4.79 Å². The maximum atomic E-state index is 11.5. The van der Waals surface area contributed by atoms with Gasteiger partial charge in [-0.1, -0.05) is 13.0 Å². The van der Waals surface area contributed by atoms with Crippen molar-refractivity contribution < 1.29 is 4.79 Å². The lowest BCUT2D eigenvalue weighted by Gasteiger charge is -2.37. The molecule has 0 aromatic heterocycles. The van der Waals surface area contributed by atoms with Crippen molar-refractivity contribution in [3.8, 4) is 0 Å². The Balaban J connectivity index is 2.36. The van der Waals surface area contributed by atoms with Crippen molar-refractivity contribution in [2.45, 2.75) is 26.3 Å². The van der Waals surface area contributed by atoms with Crippen LogP contribution in [0.3, 0.4) is 0 Å². The van der Waals surface area contributed by atoms with Crippen molar-refractivity contribution in [2.24, 2.45) is 17.4 Å². The number of nitrogens with two attached hydrogens (primary N) is 2. The summed E-state index contributed by atoms with van der Waals surface area (Å²) < 4.78 is 0. The van der Waals surface area contributed by atoms with Gasteiger partial charge in [0.25, 0.3) is 5.91 Å². The highest BCUT2D eigenvalue weighted by molar-refractivity contribution is 5.98. The van der Waals surface area contributed by atoms with E-state index in [2.05, 4.69) is 11.8 Å². The fourth-order valence-electron chi connectivity index (χ4n) is 2.71. The van der Waals surface area contributed by atoms with Gasteiger partial charge in [0.2, 0.25) is 0 Å². The number of primary amides is 1. The van der Waals surface area contributed by atoms with Crippen molar-refractivity contribution >= 4 is 11.6 Å². The molecule has 0 spiro atoms. The third kappa shape index (κ3) is 2.64. The number of carbonyl (C=O) groups is 1. The van der Waals surface area contributed by atoms with Crippen LogP contribution in [0.1, 0.15) is 29.3 Å². The number of rotatable bonds is 2. The number of hydrogen-bond donors (Lipinski definition) is 2. The molecule has 2 atom stereocenters. The van der Waals surface area contributed by atoms with Crippen LogP contribution in [0.4, 0.5) is 5.69 Å². The van der Waals surface area contributed by atoms with Gasteiger partial charge in [0.15, 0.2) is 0 Å². The Morgan fingerprint density at radius 2 is 2.11 bits per heavy atom. The number of nitrogens with zero attached hydrogens (tertiary/aromatic N) is 1. The Morgan fingerprint density at radius 3 is 2.72 bits per heavy atom. The maximum absolute atomic E-state index is 11.5. The number of piperidine rings is 1. The van der Waals surface area contributed by atoms with E-state index >= 15 is 0 Å². The summed E-state index contributed by atoms with van der Waals surface area (Å²) in [6.07, 6.45) is 1.04. The Kier molecular flexibility index (Phi) is 3.57. The number of anilines is 1. The molecule has 4 nitrogen and oxygen atoms in total. The molecule has 18 heavy (non-hydrogen) atoms. The van der Waals surface area contributed by atoms with E-state index in [4.69, 9.17) is 11.5 Å². The zero-order valence-corrected chi connectivity index (χ0v) is 11.0. The molecule has 0 bridgehead atoms. The molecule has 4 N–H and O–H groups in total. The summed E-state index contributed by atoms with van der Waals surface area (Å²) in [5.41, 5.74) is 14.1. The minimum absolute atomic E-state index is 0.162. The minimum atomic E-state index is -0.378.